The molecular formula is C20H18ClNO3S. The van der Waals surface area contributed by atoms with Crippen LogP contribution in [0.4, 0.5) is 0 Å². The van der Waals surface area contributed by atoms with Crippen molar-refractivity contribution in [3.63, 3.8) is 0 Å². The molecule has 0 bridgehead atoms. The Morgan fingerprint density at radius 1 is 1.15 bits per heavy atom. The first-order valence-electron chi connectivity index (χ1n) is 8.14. The topological polar surface area (TPSA) is 48.4 Å². The fourth-order valence-electron chi connectivity index (χ4n) is 2.50. The Morgan fingerprint density at radius 3 is 2.73 bits per heavy atom. The lowest BCUT2D eigenvalue weighted by Gasteiger charge is -2.07. The van der Waals surface area contributed by atoms with Crippen molar-refractivity contribution in [1.29, 1.82) is 0 Å². The molecule has 0 saturated carbocycles. The molecule has 134 valence electrons. The maximum absolute atomic E-state index is 12.0. The smallest absolute Gasteiger partial charge is 0.306 e. The Labute approximate surface area is 161 Å². The summed E-state index contributed by atoms with van der Waals surface area (Å²) in [6, 6.07) is 15.2. The Morgan fingerprint density at radius 2 is 1.92 bits per heavy atom. The van der Waals surface area contributed by atoms with Crippen molar-refractivity contribution in [3.8, 4) is 16.3 Å². The molecule has 0 aliphatic rings. The van der Waals surface area contributed by atoms with E-state index in [2.05, 4.69) is 4.98 Å². The number of ether oxygens (including phenoxy) is 2. The molecule has 0 fully saturated rings. The largest absolute Gasteiger partial charge is 0.496 e. The number of aryl methyl sites for hydroxylation is 1. The van der Waals surface area contributed by atoms with Crippen LogP contribution in [-0.4, -0.2) is 18.1 Å². The number of para-hydroxylation sites is 1. The molecule has 3 aromatic rings. The number of carbonyl (C=O) groups excluding carboxylic acids is 1. The van der Waals surface area contributed by atoms with E-state index in [9.17, 15) is 4.79 Å². The van der Waals surface area contributed by atoms with E-state index >= 15 is 0 Å². The van der Waals surface area contributed by atoms with Crippen molar-refractivity contribution in [3.05, 3.63) is 70.2 Å². The second-order valence-electron chi connectivity index (χ2n) is 5.60. The molecule has 0 unspecified atom stereocenters. The average Bonchev–Trinajstić information content (AvgIpc) is 3.14. The molecular weight excluding hydrogens is 370 g/mol. The first-order valence-corrected chi connectivity index (χ1v) is 9.40. The van der Waals surface area contributed by atoms with Crippen molar-refractivity contribution in [2.24, 2.45) is 0 Å². The van der Waals surface area contributed by atoms with E-state index in [0.29, 0.717) is 17.9 Å². The van der Waals surface area contributed by atoms with Crippen LogP contribution in [0, 0.1) is 0 Å². The molecule has 6 heteroatoms. The molecule has 0 atom stereocenters. The van der Waals surface area contributed by atoms with Crippen molar-refractivity contribution in [1.82, 2.24) is 4.98 Å². The summed E-state index contributed by atoms with van der Waals surface area (Å²) in [6.45, 7) is 0.158. The van der Waals surface area contributed by atoms with Crippen LogP contribution in [0.5, 0.6) is 5.75 Å². The number of esters is 1. The van der Waals surface area contributed by atoms with Crippen LogP contribution in [0.3, 0.4) is 0 Å². The van der Waals surface area contributed by atoms with Gasteiger partial charge in [-0.2, -0.15) is 0 Å². The Kier molecular flexibility index (Phi) is 6.26. The zero-order valence-corrected chi connectivity index (χ0v) is 15.8. The molecule has 0 aliphatic carbocycles. The number of carbonyl (C=O) groups is 1. The monoisotopic (exact) mass is 387 g/mol. The third-order valence-corrected chi connectivity index (χ3v) is 5.08. The summed E-state index contributed by atoms with van der Waals surface area (Å²) >= 11 is 7.67. The highest BCUT2D eigenvalue weighted by Crippen LogP contribution is 2.30. The van der Waals surface area contributed by atoms with Crippen LogP contribution in [0.1, 0.15) is 17.7 Å². The maximum atomic E-state index is 12.0. The molecule has 0 N–H and O–H groups in total. The number of hydrogen-bond donors (Lipinski definition) is 0. The molecule has 1 aromatic heterocycles. The van der Waals surface area contributed by atoms with Crippen LogP contribution in [0.2, 0.25) is 5.02 Å². The molecule has 0 aliphatic heterocycles. The van der Waals surface area contributed by atoms with E-state index in [0.717, 1.165) is 27.6 Å². The third-order valence-electron chi connectivity index (χ3n) is 3.83. The van der Waals surface area contributed by atoms with Gasteiger partial charge in [0, 0.05) is 17.4 Å². The lowest BCUT2D eigenvalue weighted by atomic mass is 10.1. The molecule has 26 heavy (non-hydrogen) atoms. The number of hydrogen-bond acceptors (Lipinski definition) is 5. The SMILES string of the molecule is COc1ccccc1CCC(=O)OCc1csc(-c2ccccc2Cl)n1. The van der Waals surface area contributed by atoms with Gasteiger partial charge >= 0.3 is 5.97 Å². The van der Waals surface area contributed by atoms with E-state index in [1.807, 2.05) is 53.9 Å². The first-order chi connectivity index (χ1) is 12.7. The fourth-order valence-corrected chi connectivity index (χ4v) is 3.63. The van der Waals surface area contributed by atoms with Gasteiger partial charge in [0.15, 0.2) is 0 Å². The van der Waals surface area contributed by atoms with Crippen LogP contribution in [0.25, 0.3) is 10.6 Å². The minimum absolute atomic E-state index is 0.158. The average molecular weight is 388 g/mol. The van der Waals surface area contributed by atoms with Gasteiger partial charge in [-0.1, -0.05) is 48.0 Å². The van der Waals surface area contributed by atoms with Gasteiger partial charge < -0.3 is 9.47 Å². The van der Waals surface area contributed by atoms with Gasteiger partial charge in [-0.05, 0) is 24.1 Å². The van der Waals surface area contributed by atoms with E-state index in [1.54, 1.807) is 7.11 Å². The Hall–Kier alpha value is -2.37. The van der Waals surface area contributed by atoms with Crippen molar-refractivity contribution in [2.75, 3.05) is 7.11 Å². The third kappa shape index (κ3) is 4.62. The summed E-state index contributed by atoms with van der Waals surface area (Å²) in [6.07, 6.45) is 0.868. The van der Waals surface area contributed by atoms with Gasteiger partial charge in [0.2, 0.25) is 0 Å². The summed E-state index contributed by atoms with van der Waals surface area (Å²) in [5, 5.41) is 3.35. The predicted octanol–water partition coefficient (Wildman–Crippen LogP) is 5.15. The van der Waals surface area contributed by atoms with E-state index in [4.69, 9.17) is 21.1 Å². The molecule has 4 nitrogen and oxygen atoms in total. The number of halogens is 1. The van der Waals surface area contributed by atoms with Crippen LogP contribution in [0.15, 0.2) is 53.9 Å². The highest BCUT2D eigenvalue weighted by Gasteiger charge is 2.11. The number of methoxy groups -OCH3 is 1. The molecule has 0 saturated heterocycles. The zero-order chi connectivity index (χ0) is 18.4. The minimum atomic E-state index is -0.261. The van der Waals surface area contributed by atoms with Gasteiger partial charge in [-0.3, -0.25) is 4.79 Å². The summed E-state index contributed by atoms with van der Waals surface area (Å²) in [4.78, 5) is 16.5. The summed E-state index contributed by atoms with van der Waals surface area (Å²) < 4.78 is 10.6. The summed E-state index contributed by atoms with van der Waals surface area (Å²) in [5.41, 5.74) is 2.59. The quantitative estimate of drug-likeness (QED) is 0.526. The molecule has 1 heterocycles. The van der Waals surface area contributed by atoms with Crippen molar-refractivity contribution >= 4 is 28.9 Å². The first kappa shape index (κ1) is 18.4. The molecule has 0 radical (unpaired) electrons. The van der Waals surface area contributed by atoms with Crippen LogP contribution in [-0.2, 0) is 22.6 Å². The van der Waals surface area contributed by atoms with E-state index in [-0.39, 0.29) is 12.6 Å². The van der Waals surface area contributed by atoms with E-state index < -0.39 is 0 Å². The maximum Gasteiger partial charge on any atom is 0.306 e. The summed E-state index contributed by atoms with van der Waals surface area (Å²) in [5.74, 6) is 0.521. The molecule has 0 spiro atoms. The van der Waals surface area contributed by atoms with Crippen LogP contribution >= 0.6 is 22.9 Å². The van der Waals surface area contributed by atoms with Gasteiger partial charge in [0.25, 0.3) is 0 Å². The highest BCUT2D eigenvalue weighted by molar-refractivity contribution is 7.13. The molecule has 0 amide bonds. The zero-order valence-electron chi connectivity index (χ0n) is 14.3. The van der Waals surface area contributed by atoms with Gasteiger partial charge in [0.1, 0.15) is 17.4 Å². The number of aromatic nitrogens is 1. The lowest BCUT2D eigenvalue weighted by Crippen LogP contribution is -2.06. The standard InChI is InChI=1S/C20H18ClNO3S/c1-24-18-9-5-2-6-14(18)10-11-19(23)25-12-15-13-26-20(22-15)16-7-3-4-8-17(16)21/h2-9,13H,10-12H2,1H3. The van der Waals surface area contributed by atoms with Crippen molar-refractivity contribution in [2.45, 2.75) is 19.4 Å². The second-order valence-corrected chi connectivity index (χ2v) is 6.86. The van der Waals surface area contributed by atoms with Gasteiger partial charge in [-0.25, -0.2) is 4.98 Å². The fraction of sp³-hybridized carbons (Fsp3) is 0.200. The predicted molar refractivity (Wildman–Crippen MR) is 104 cm³/mol. The molecule has 2 aromatic carbocycles. The van der Waals surface area contributed by atoms with Gasteiger partial charge in [-0.15, -0.1) is 11.3 Å². The molecule has 3 rings (SSSR count). The summed E-state index contributed by atoms with van der Waals surface area (Å²) in [7, 11) is 1.62. The Balaban J connectivity index is 1.53. The van der Waals surface area contributed by atoms with Crippen LogP contribution < -0.4 is 4.74 Å². The number of rotatable bonds is 7. The second kappa shape index (κ2) is 8.83. The van der Waals surface area contributed by atoms with Crippen molar-refractivity contribution < 1.29 is 14.3 Å². The highest BCUT2D eigenvalue weighted by atomic mass is 35.5. The van der Waals surface area contributed by atoms with E-state index in [1.165, 1.54) is 11.3 Å². The number of nitrogens with zero attached hydrogens (tertiary/aromatic N) is 1. The Bertz CT molecular complexity index is 894. The van der Waals surface area contributed by atoms with Gasteiger partial charge in [0.05, 0.1) is 17.8 Å². The number of thiazole rings is 1. The normalized spacial score (nSPS) is 10.5. The minimum Gasteiger partial charge on any atom is -0.496 e. The number of benzene rings is 2. The lowest BCUT2D eigenvalue weighted by molar-refractivity contribution is -0.145.